The molecule has 0 saturated heterocycles. The summed E-state index contributed by atoms with van der Waals surface area (Å²) in [5.74, 6) is 0.874. The monoisotopic (exact) mass is 316 g/mol. The predicted octanol–water partition coefficient (Wildman–Crippen LogP) is 3.68. The van der Waals surface area contributed by atoms with Crippen LogP contribution in [0.3, 0.4) is 0 Å². The van der Waals surface area contributed by atoms with E-state index in [2.05, 4.69) is 6.92 Å². The van der Waals surface area contributed by atoms with Crippen molar-refractivity contribution in [1.29, 1.82) is 0 Å². The Kier molecular flexibility index (Phi) is 5.64. The molecule has 2 aliphatic rings. The zero-order chi connectivity index (χ0) is 15.5. The second kappa shape index (κ2) is 7.08. The van der Waals surface area contributed by atoms with E-state index in [9.17, 15) is 9.36 Å². The van der Waals surface area contributed by atoms with Crippen molar-refractivity contribution >= 4 is 13.4 Å². The molecule has 0 aromatic carbocycles. The molecule has 0 radical (unpaired) electrons. The van der Waals surface area contributed by atoms with Crippen LogP contribution in [0.1, 0.15) is 46.5 Å². The Hall–Kier alpha value is -0.640. The summed E-state index contributed by atoms with van der Waals surface area (Å²) in [6.07, 6.45) is 3.24. The van der Waals surface area contributed by atoms with Gasteiger partial charge >= 0.3 is 7.60 Å². The van der Waals surface area contributed by atoms with Crippen LogP contribution in [0.2, 0.25) is 0 Å². The SMILES string of the molecule is CCCCC1=C2C(CO1)CC(=O)C2P(=O)(OCC)OCC. The van der Waals surface area contributed by atoms with Gasteiger partial charge in [-0.2, -0.15) is 0 Å². The lowest BCUT2D eigenvalue weighted by Gasteiger charge is -2.23. The minimum atomic E-state index is -3.45. The molecule has 0 spiro atoms. The zero-order valence-corrected chi connectivity index (χ0v) is 14.0. The number of ether oxygens (including phenoxy) is 1. The van der Waals surface area contributed by atoms with Crippen molar-refractivity contribution in [2.24, 2.45) is 5.92 Å². The van der Waals surface area contributed by atoms with Crippen LogP contribution < -0.4 is 0 Å². The van der Waals surface area contributed by atoms with Gasteiger partial charge in [-0.15, -0.1) is 0 Å². The largest absolute Gasteiger partial charge is 0.497 e. The van der Waals surface area contributed by atoms with Crippen LogP contribution in [0.25, 0.3) is 0 Å². The standard InChI is InChI=1S/C15H25O5P/c1-4-7-8-13-14-11(10-18-13)9-12(16)15(14)21(17,19-5-2)20-6-3/h11,15H,4-10H2,1-3H3. The van der Waals surface area contributed by atoms with Crippen LogP contribution in [-0.2, 0) is 23.1 Å². The van der Waals surface area contributed by atoms with Gasteiger partial charge in [-0.25, -0.2) is 0 Å². The van der Waals surface area contributed by atoms with E-state index < -0.39 is 13.3 Å². The molecule has 120 valence electrons. The van der Waals surface area contributed by atoms with Crippen LogP contribution in [0.4, 0.5) is 0 Å². The minimum absolute atomic E-state index is 0.0301. The molecule has 0 amide bonds. The fourth-order valence-electron chi connectivity index (χ4n) is 3.12. The number of carbonyl (C=O) groups is 1. The van der Waals surface area contributed by atoms with Crippen LogP contribution >= 0.6 is 7.60 Å². The summed E-state index contributed by atoms with van der Waals surface area (Å²) in [6, 6.07) is 0. The van der Waals surface area contributed by atoms with Gasteiger partial charge in [-0.3, -0.25) is 9.36 Å². The third kappa shape index (κ3) is 3.25. The van der Waals surface area contributed by atoms with Crippen molar-refractivity contribution in [2.75, 3.05) is 19.8 Å². The molecule has 1 aliphatic heterocycles. The van der Waals surface area contributed by atoms with Gasteiger partial charge in [-0.1, -0.05) is 13.3 Å². The molecule has 5 nitrogen and oxygen atoms in total. The second-order valence-electron chi connectivity index (χ2n) is 5.44. The Morgan fingerprint density at radius 3 is 2.48 bits per heavy atom. The molecular formula is C15H25O5P. The summed E-state index contributed by atoms with van der Waals surface area (Å²) in [5.41, 5.74) is 0.135. The van der Waals surface area contributed by atoms with E-state index in [1.807, 2.05) is 0 Å². The van der Waals surface area contributed by atoms with Crippen molar-refractivity contribution in [1.82, 2.24) is 0 Å². The highest BCUT2D eigenvalue weighted by Crippen LogP contribution is 2.61. The second-order valence-corrected chi connectivity index (χ2v) is 7.55. The molecule has 6 heteroatoms. The number of allylic oxidation sites excluding steroid dienone is 1. The highest BCUT2D eigenvalue weighted by molar-refractivity contribution is 7.56. The topological polar surface area (TPSA) is 61.8 Å². The Balaban J connectivity index is 2.34. The number of Topliss-reactive ketones (excluding diaryl/α,β-unsaturated/α-hetero) is 1. The maximum absolute atomic E-state index is 13.0. The summed E-state index contributed by atoms with van der Waals surface area (Å²) in [5, 5.41) is 0. The van der Waals surface area contributed by atoms with Gasteiger partial charge in [0.05, 0.1) is 25.6 Å². The normalized spacial score (nSPS) is 25.4. The molecular weight excluding hydrogens is 291 g/mol. The van der Waals surface area contributed by atoms with Crippen molar-refractivity contribution < 1.29 is 23.1 Å². The molecule has 1 heterocycles. The first-order valence-corrected chi connectivity index (χ1v) is 9.45. The molecule has 1 fully saturated rings. The molecule has 0 N–H and O–H groups in total. The fraction of sp³-hybridized carbons (Fsp3) is 0.800. The third-order valence-corrected chi connectivity index (χ3v) is 6.39. The molecule has 21 heavy (non-hydrogen) atoms. The van der Waals surface area contributed by atoms with Crippen LogP contribution in [0, 0.1) is 5.92 Å². The van der Waals surface area contributed by atoms with Crippen LogP contribution in [-0.4, -0.2) is 31.3 Å². The molecule has 0 aromatic rings. The Labute approximate surface area is 126 Å². The lowest BCUT2D eigenvalue weighted by molar-refractivity contribution is -0.117. The molecule has 0 bridgehead atoms. The van der Waals surface area contributed by atoms with Crippen molar-refractivity contribution in [2.45, 2.75) is 52.1 Å². The minimum Gasteiger partial charge on any atom is -0.497 e. The first kappa shape index (κ1) is 16.7. The van der Waals surface area contributed by atoms with E-state index in [1.165, 1.54) is 0 Å². The fourth-order valence-corrected chi connectivity index (χ4v) is 5.37. The van der Waals surface area contributed by atoms with Gasteiger partial charge in [0.1, 0.15) is 5.66 Å². The molecule has 2 atom stereocenters. The maximum atomic E-state index is 13.0. The van der Waals surface area contributed by atoms with E-state index in [0.717, 1.165) is 30.6 Å². The van der Waals surface area contributed by atoms with E-state index >= 15 is 0 Å². The van der Waals surface area contributed by atoms with Crippen molar-refractivity contribution in [3.8, 4) is 0 Å². The van der Waals surface area contributed by atoms with Gasteiger partial charge in [0.2, 0.25) is 0 Å². The summed E-state index contributed by atoms with van der Waals surface area (Å²) in [4.78, 5) is 12.4. The number of hydrogen-bond donors (Lipinski definition) is 0. The van der Waals surface area contributed by atoms with E-state index in [4.69, 9.17) is 13.8 Å². The molecule has 0 aromatic heterocycles. The summed E-state index contributed by atoms with van der Waals surface area (Å²) in [7, 11) is -3.45. The summed E-state index contributed by atoms with van der Waals surface area (Å²) in [6.45, 7) is 6.70. The average molecular weight is 316 g/mol. The highest BCUT2D eigenvalue weighted by atomic mass is 31.2. The zero-order valence-electron chi connectivity index (χ0n) is 13.1. The molecule has 2 rings (SSSR count). The summed E-state index contributed by atoms with van der Waals surface area (Å²) < 4.78 is 29.6. The number of hydrogen-bond acceptors (Lipinski definition) is 5. The quantitative estimate of drug-likeness (QED) is 0.639. The van der Waals surface area contributed by atoms with Crippen molar-refractivity contribution in [3.63, 3.8) is 0 Å². The smallest absolute Gasteiger partial charge is 0.345 e. The van der Waals surface area contributed by atoms with Gasteiger partial charge in [-0.05, 0) is 25.8 Å². The first-order chi connectivity index (χ1) is 10.1. The Bertz CT molecular complexity index is 461. The van der Waals surface area contributed by atoms with Gasteiger partial charge in [0.15, 0.2) is 5.78 Å². The molecule has 1 saturated carbocycles. The Morgan fingerprint density at radius 1 is 1.24 bits per heavy atom. The number of carbonyl (C=O) groups excluding carboxylic acids is 1. The van der Waals surface area contributed by atoms with Crippen molar-refractivity contribution in [3.05, 3.63) is 11.3 Å². The third-order valence-electron chi connectivity index (χ3n) is 3.96. The maximum Gasteiger partial charge on any atom is 0.345 e. The van der Waals surface area contributed by atoms with Crippen LogP contribution in [0.5, 0.6) is 0 Å². The van der Waals surface area contributed by atoms with Crippen LogP contribution in [0.15, 0.2) is 11.3 Å². The number of fused-ring (bicyclic) bond motifs is 1. The van der Waals surface area contributed by atoms with E-state index in [0.29, 0.717) is 13.0 Å². The highest BCUT2D eigenvalue weighted by Gasteiger charge is 2.53. The number of ketones is 1. The van der Waals surface area contributed by atoms with E-state index in [-0.39, 0.29) is 24.9 Å². The number of rotatable bonds is 8. The predicted molar refractivity (Wildman–Crippen MR) is 80.3 cm³/mol. The number of unbranched alkanes of at least 4 members (excludes halogenated alkanes) is 1. The van der Waals surface area contributed by atoms with Gasteiger partial charge in [0, 0.05) is 18.8 Å². The van der Waals surface area contributed by atoms with E-state index in [1.54, 1.807) is 13.8 Å². The molecule has 1 aliphatic carbocycles. The van der Waals surface area contributed by atoms with Gasteiger partial charge in [0.25, 0.3) is 0 Å². The molecule has 2 unspecified atom stereocenters. The van der Waals surface area contributed by atoms with Gasteiger partial charge < -0.3 is 13.8 Å². The Morgan fingerprint density at radius 2 is 1.90 bits per heavy atom. The summed E-state index contributed by atoms with van der Waals surface area (Å²) >= 11 is 0. The average Bonchev–Trinajstić information content (AvgIpc) is 2.95. The first-order valence-electron chi connectivity index (χ1n) is 7.84. The lowest BCUT2D eigenvalue weighted by Crippen LogP contribution is -2.20. The lowest BCUT2D eigenvalue weighted by atomic mass is 10.0.